The molecule has 120 valence electrons. The van der Waals surface area contributed by atoms with Gasteiger partial charge in [0.15, 0.2) is 0 Å². The Morgan fingerprint density at radius 1 is 0.810 bits per heavy atom. The Morgan fingerprint density at radius 2 is 1.33 bits per heavy atom. The molecule has 0 amide bonds. The summed E-state index contributed by atoms with van der Waals surface area (Å²) >= 11 is 1.79. The van der Waals surface area contributed by atoms with Crippen molar-refractivity contribution in [1.29, 1.82) is 0 Å². The first-order chi connectivity index (χ1) is 10.4. The summed E-state index contributed by atoms with van der Waals surface area (Å²) in [5, 5.41) is 3.50. The molecule has 1 aromatic rings. The van der Waals surface area contributed by atoms with Crippen molar-refractivity contribution in [3.63, 3.8) is 0 Å². The minimum absolute atomic E-state index is 0.854. The molecule has 0 saturated carbocycles. The van der Waals surface area contributed by atoms with Gasteiger partial charge in [-0.05, 0) is 49.9 Å². The van der Waals surface area contributed by atoms with Crippen LogP contribution >= 0.6 is 11.8 Å². The lowest BCUT2D eigenvalue weighted by molar-refractivity contribution is 0.564. The molecule has 0 bridgehead atoms. The van der Waals surface area contributed by atoms with Crippen LogP contribution in [0.15, 0.2) is 29.2 Å². The Balaban J connectivity index is 1.88. The highest BCUT2D eigenvalue weighted by molar-refractivity contribution is 7.98. The van der Waals surface area contributed by atoms with Gasteiger partial charge < -0.3 is 11.1 Å². The van der Waals surface area contributed by atoms with Gasteiger partial charge in [-0.1, -0.05) is 44.9 Å². The van der Waals surface area contributed by atoms with Gasteiger partial charge in [0.2, 0.25) is 0 Å². The Bertz CT molecular complexity index is 338. The zero-order valence-electron chi connectivity index (χ0n) is 13.6. The van der Waals surface area contributed by atoms with Crippen LogP contribution in [0.25, 0.3) is 0 Å². The van der Waals surface area contributed by atoms with Crippen molar-refractivity contribution >= 4 is 17.4 Å². The minimum atomic E-state index is 0.854. The van der Waals surface area contributed by atoms with Gasteiger partial charge in [-0.15, -0.1) is 11.8 Å². The average Bonchev–Trinajstić information content (AvgIpc) is 2.53. The molecule has 2 nitrogen and oxygen atoms in total. The Kier molecular flexibility index (Phi) is 11.4. The Labute approximate surface area is 135 Å². The van der Waals surface area contributed by atoms with Crippen molar-refractivity contribution in [2.75, 3.05) is 24.7 Å². The molecule has 1 rings (SSSR count). The SMILES string of the molecule is CSc1ccc(NCCCCCCCCCCCN)cc1. The highest BCUT2D eigenvalue weighted by atomic mass is 32.2. The smallest absolute Gasteiger partial charge is 0.0340 e. The van der Waals surface area contributed by atoms with Crippen LogP contribution in [0.4, 0.5) is 5.69 Å². The monoisotopic (exact) mass is 308 g/mol. The van der Waals surface area contributed by atoms with Crippen molar-refractivity contribution in [1.82, 2.24) is 0 Å². The largest absolute Gasteiger partial charge is 0.385 e. The van der Waals surface area contributed by atoms with Gasteiger partial charge in [-0.3, -0.25) is 0 Å². The van der Waals surface area contributed by atoms with E-state index < -0.39 is 0 Å². The summed E-state index contributed by atoms with van der Waals surface area (Å²) in [4.78, 5) is 1.33. The molecule has 0 aromatic heterocycles. The van der Waals surface area contributed by atoms with E-state index in [0.29, 0.717) is 0 Å². The Hall–Kier alpha value is -0.670. The molecule has 0 aliphatic rings. The second kappa shape index (κ2) is 13.0. The van der Waals surface area contributed by atoms with E-state index in [1.54, 1.807) is 11.8 Å². The number of nitrogens with one attached hydrogen (secondary N) is 1. The molecule has 21 heavy (non-hydrogen) atoms. The zero-order valence-corrected chi connectivity index (χ0v) is 14.4. The van der Waals surface area contributed by atoms with E-state index in [-0.39, 0.29) is 0 Å². The predicted molar refractivity (Wildman–Crippen MR) is 97.3 cm³/mol. The summed E-state index contributed by atoms with van der Waals surface area (Å²) in [5.74, 6) is 0. The number of hydrogen-bond acceptors (Lipinski definition) is 3. The van der Waals surface area contributed by atoms with E-state index in [9.17, 15) is 0 Å². The van der Waals surface area contributed by atoms with Gasteiger partial charge in [-0.25, -0.2) is 0 Å². The molecule has 3 heteroatoms. The Morgan fingerprint density at radius 3 is 1.86 bits per heavy atom. The summed E-state index contributed by atoms with van der Waals surface area (Å²) in [7, 11) is 0. The van der Waals surface area contributed by atoms with Crippen molar-refractivity contribution in [2.24, 2.45) is 5.73 Å². The van der Waals surface area contributed by atoms with Crippen molar-refractivity contribution in [3.8, 4) is 0 Å². The van der Waals surface area contributed by atoms with Crippen LogP contribution < -0.4 is 11.1 Å². The first kappa shape index (κ1) is 18.4. The summed E-state index contributed by atoms with van der Waals surface area (Å²) < 4.78 is 0. The molecule has 3 N–H and O–H groups in total. The van der Waals surface area contributed by atoms with Crippen molar-refractivity contribution in [3.05, 3.63) is 24.3 Å². The third-order valence-corrected chi connectivity index (χ3v) is 4.54. The maximum absolute atomic E-state index is 5.49. The highest BCUT2D eigenvalue weighted by Crippen LogP contribution is 2.17. The summed E-state index contributed by atoms with van der Waals surface area (Å²) in [5.41, 5.74) is 6.73. The fourth-order valence-electron chi connectivity index (χ4n) is 2.45. The second-order valence-corrected chi connectivity index (χ2v) is 6.51. The number of benzene rings is 1. The number of hydrogen-bond donors (Lipinski definition) is 2. The van der Waals surface area contributed by atoms with Gasteiger partial charge in [0.25, 0.3) is 0 Å². The second-order valence-electron chi connectivity index (χ2n) is 5.63. The van der Waals surface area contributed by atoms with Crippen molar-refractivity contribution in [2.45, 2.75) is 62.7 Å². The fourth-order valence-corrected chi connectivity index (χ4v) is 2.86. The number of unbranched alkanes of at least 4 members (excludes halogenated alkanes) is 8. The summed E-state index contributed by atoms with van der Waals surface area (Å²) in [6.45, 7) is 1.95. The topological polar surface area (TPSA) is 38.0 Å². The molecular formula is C18H32N2S. The first-order valence-corrected chi connectivity index (χ1v) is 9.67. The molecule has 0 heterocycles. The molecule has 0 aliphatic heterocycles. The van der Waals surface area contributed by atoms with Gasteiger partial charge in [0.1, 0.15) is 0 Å². The van der Waals surface area contributed by atoms with Crippen LogP contribution in [0.1, 0.15) is 57.8 Å². The van der Waals surface area contributed by atoms with Gasteiger partial charge in [-0.2, -0.15) is 0 Å². The molecule has 0 unspecified atom stereocenters. The van der Waals surface area contributed by atoms with Crippen LogP contribution in [-0.4, -0.2) is 19.3 Å². The van der Waals surface area contributed by atoms with Gasteiger partial charge in [0.05, 0.1) is 0 Å². The third kappa shape index (κ3) is 9.81. The average molecular weight is 309 g/mol. The molecule has 0 fully saturated rings. The summed E-state index contributed by atoms with van der Waals surface area (Å²) in [6.07, 6.45) is 14.2. The highest BCUT2D eigenvalue weighted by Gasteiger charge is 1.94. The quantitative estimate of drug-likeness (QED) is 0.384. The predicted octanol–water partition coefficient (Wildman–Crippen LogP) is 5.29. The van der Waals surface area contributed by atoms with E-state index in [2.05, 4.69) is 35.8 Å². The molecule has 0 radical (unpaired) electrons. The number of anilines is 1. The van der Waals surface area contributed by atoms with Crippen LogP contribution in [0.3, 0.4) is 0 Å². The maximum Gasteiger partial charge on any atom is 0.0340 e. The molecular weight excluding hydrogens is 276 g/mol. The van der Waals surface area contributed by atoms with E-state index >= 15 is 0 Å². The van der Waals surface area contributed by atoms with Crippen molar-refractivity contribution < 1.29 is 0 Å². The van der Waals surface area contributed by atoms with E-state index in [1.807, 2.05) is 0 Å². The van der Waals surface area contributed by atoms with Crippen LogP contribution in [0, 0.1) is 0 Å². The maximum atomic E-state index is 5.49. The number of nitrogens with two attached hydrogens (primary N) is 1. The molecule has 0 atom stereocenters. The lowest BCUT2D eigenvalue weighted by Gasteiger charge is -2.07. The van der Waals surface area contributed by atoms with E-state index in [0.717, 1.165) is 13.1 Å². The number of rotatable bonds is 13. The van der Waals surface area contributed by atoms with Crippen LogP contribution in [-0.2, 0) is 0 Å². The van der Waals surface area contributed by atoms with E-state index in [4.69, 9.17) is 5.73 Å². The number of thioether (sulfide) groups is 1. The van der Waals surface area contributed by atoms with E-state index in [1.165, 1.54) is 68.4 Å². The molecule has 0 spiro atoms. The first-order valence-electron chi connectivity index (χ1n) is 8.45. The van der Waals surface area contributed by atoms with Crippen LogP contribution in [0.2, 0.25) is 0 Å². The third-order valence-electron chi connectivity index (χ3n) is 3.80. The lowest BCUT2D eigenvalue weighted by Crippen LogP contribution is -2.01. The lowest BCUT2D eigenvalue weighted by atomic mass is 10.1. The van der Waals surface area contributed by atoms with Gasteiger partial charge >= 0.3 is 0 Å². The molecule has 0 aliphatic carbocycles. The van der Waals surface area contributed by atoms with Crippen LogP contribution in [0.5, 0.6) is 0 Å². The molecule has 0 saturated heterocycles. The van der Waals surface area contributed by atoms with Gasteiger partial charge in [0, 0.05) is 17.1 Å². The fraction of sp³-hybridized carbons (Fsp3) is 0.667. The normalized spacial score (nSPS) is 10.8. The zero-order chi connectivity index (χ0) is 15.2. The summed E-state index contributed by atoms with van der Waals surface area (Å²) in [6, 6.07) is 8.70. The molecule has 1 aromatic carbocycles. The standard InChI is InChI=1S/C18H32N2S/c1-21-18-13-11-17(12-14-18)20-16-10-8-6-4-2-3-5-7-9-15-19/h11-14,20H,2-10,15-16,19H2,1H3. The minimum Gasteiger partial charge on any atom is -0.385 e.